The molecule has 1 fully saturated rings. The highest BCUT2D eigenvalue weighted by Gasteiger charge is 2.17. The van der Waals surface area contributed by atoms with E-state index in [1.54, 1.807) is 0 Å². The lowest BCUT2D eigenvalue weighted by molar-refractivity contribution is -0.00514. The summed E-state index contributed by atoms with van der Waals surface area (Å²) in [5.74, 6) is 0.948. The Hall–Kier alpha value is -1.06. The highest BCUT2D eigenvalue weighted by molar-refractivity contribution is 5.20. The van der Waals surface area contributed by atoms with Gasteiger partial charge in [-0.2, -0.15) is 0 Å². The quantitative estimate of drug-likeness (QED) is 0.773. The lowest BCUT2D eigenvalue weighted by Crippen LogP contribution is -2.45. The zero-order valence-electron chi connectivity index (χ0n) is 9.76. The van der Waals surface area contributed by atoms with Crippen molar-refractivity contribution in [1.29, 1.82) is 0 Å². The van der Waals surface area contributed by atoms with Crippen molar-refractivity contribution in [3.8, 4) is 5.75 Å². The number of morpholine rings is 1. The minimum Gasteiger partial charge on any atom is -0.492 e. The van der Waals surface area contributed by atoms with E-state index in [2.05, 4.69) is 11.8 Å². The molecular formula is C13H19NO2. The van der Waals surface area contributed by atoms with Gasteiger partial charge in [0.05, 0.1) is 13.2 Å². The highest BCUT2D eigenvalue weighted by Crippen LogP contribution is 2.09. The largest absolute Gasteiger partial charge is 0.492 e. The van der Waals surface area contributed by atoms with Crippen molar-refractivity contribution in [2.75, 3.05) is 32.9 Å². The van der Waals surface area contributed by atoms with E-state index >= 15 is 0 Å². The van der Waals surface area contributed by atoms with Crippen molar-refractivity contribution in [1.82, 2.24) is 4.90 Å². The molecule has 0 spiro atoms. The average Bonchev–Trinajstić information content (AvgIpc) is 2.33. The number of hydrogen-bond acceptors (Lipinski definition) is 3. The van der Waals surface area contributed by atoms with Gasteiger partial charge in [-0.05, 0) is 19.1 Å². The molecule has 0 aliphatic carbocycles. The van der Waals surface area contributed by atoms with Gasteiger partial charge in [-0.15, -0.1) is 0 Å². The second-order valence-corrected chi connectivity index (χ2v) is 4.12. The Morgan fingerprint density at radius 3 is 2.94 bits per heavy atom. The Bertz CT molecular complexity index is 302. The lowest BCUT2D eigenvalue weighted by Gasteiger charge is -2.32. The van der Waals surface area contributed by atoms with E-state index in [1.807, 2.05) is 30.3 Å². The number of ether oxygens (including phenoxy) is 2. The van der Waals surface area contributed by atoms with Crippen molar-refractivity contribution < 1.29 is 9.47 Å². The molecule has 0 radical (unpaired) electrons. The van der Waals surface area contributed by atoms with Gasteiger partial charge < -0.3 is 9.47 Å². The molecule has 0 aromatic heterocycles. The molecule has 1 aliphatic heterocycles. The number of nitrogens with zero attached hydrogens (tertiary/aromatic N) is 1. The van der Waals surface area contributed by atoms with Gasteiger partial charge >= 0.3 is 0 Å². The zero-order chi connectivity index (χ0) is 11.2. The van der Waals surface area contributed by atoms with E-state index < -0.39 is 0 Å². The predicted octanol–water partition coefficient (Wildman–Crippen LogP) is 1.79. The van der Waals surface area contributed by atoms with Crippen LogP contribution in [0.15, 0.2) is 30.3 Å². The van der Waals surface area contributed by atoms with E-state index in [-0.39, 0.29) is 0 Å². The minimum absolute atomic E-state index is 0.508. The number of rotatable bonds is 4. The monoisotopic (exact) mass is 221 g/mol. The third-order valence-electron chi connectivity index (χ3n) is 2.90. The van der Waals surface area contributed by atoms with Crippen molar-refractivity contribution in [2.24, 2.45) is 0 Å². The van der Waals surface area contributed by atoms with Gasteiger partial charge in [0.15, 0.2) is 0 Å². The highest BCUT2D eigenvalue weighted by atomic mass is 16.5. The van der Waals surface area contributed by atoms with E-state index in [4.69, 9.17) is 9.47 Å². The second-order valence-electron chi connectivity index (χ2n) is 4.12. The minimum atomic E-state index is 0.508. The first-order chi connectivity index (χ1) is 7.86. The van der Waals surface area contributed by atoms with E-state index in [0.717, 1.165) is 38.7 Å². The molecule has 88 valence electrons. The summed E-state index contributed by atoms with van der Waals surface area (Å²) in [4.78, 5) is 2.41. The number of hydrogen-bond donors (Lipinski definition) is 0. The first-order valence-corrected chi connectivity index (χ1v) is 5.86. The molecule has 1 saturated heterocycles. The fraction of sp³-hybridized carbons (Fsp3) is 0.538. The van der Waals surface area contributed by atoms with Gasteiger partial charge in [0.25, 0.3) is 0 Å². The van der Waals surface area contributed by atoms with Crippen LogP contribution >= 0.6 is 0 Å². The number of para-hydroxylation sites is 1. The van der Waals surface area contributed by atoms with Crippen LogP contribution < -0.4 is 4.74 Å². The molecule has 0 amide bonds. The Morgan fingerprint density at radius 1 is 1.38 bits per heavy atom. The summed E-state index contributed by atoms with van der Waals surface area (Å²) >= 11 is 0. The van der Waals surface area contributed by atoms with Crippen molar-refractivity contribution in [2.45, 2.75) is 13.0 Å². The molecule has 0 bridgehead atoms. The smallest absolute Gasteiger partial charge is 0.119 e. The molecule has 1 atom stereocenters. The Morgan fingerprint density at radius 2 is 2.19 bits per heavy atom. The van der Waals surface area contributed by atoms with E-state index in [1.165, 1.54) is 0 Å². The average molecular weight is 221 g/mol. The van der Waals surface area contributed by atoms with E-state index in [0.29, 0.717) is 6.04 Å². The molecule has 3 heteroatoms. The second kappa shape index (κ2) is 5.87. The first-order valence-electron chi connectivity index (χ1n) is 5.86. The molecule has 2 rings (SSSR count). The normalized spacial score (nSPS) is 21.9. The summed E-state index contributed by atoms with van der Waals surface area (Å²) in [5.41, 5.74) is 0. The van der Waals surface area contributed by atoms with Crippen LogP contribution in [0.2, 0.25) is 0 Å². The topological polar surface area (TPSA) is 21.7 Å². The lowest BCUT2D eigenvalue weighted by atomic mass is 10.2. The van der Waals surface area contributed by atoms with Gasteiger partial charge in [0, 0.05) is 19.1 Å². The fourth-order valence-electron chi connectivity index (χ4n) is 1.89. The van der Waals surface area contributed by atoms with Crippen molar-refractivity contribution >= 4 is 0 Å². The predicted molar refractivity (Wildman–Crippen MR) is 63.8 cm³/mol. The van der Waals surface area contributed by atoms with Gasteiger partial charge in [-0.25, -0.2) is 0 Å². The first kappa shape index (κ1) is 11.4. The van der Waals surface area contributed by atoms with Crippen LogP contribution in [-0.2, 0) is 4.74 Å². The summed E-state index contributed by atoms with van der Waals surface area (Å²) in [6.07, 6.45) is 0. The van der Waals surface area contributed by atoms with Gasteiger partial charge in [-0.1, -0.05) is 18.2 Å². The molecule has 1 heterocycles. The number of benzene rings is 1. The van der Waals surface area contributed by atoms with Crippen LogP contribution in [0, 0.1) is 0 Å². The maximum absolute atomic E-state index is 5.67. The molecule has 0 unspecified atom stereocenters. The summed E-state index contributed by atoms with van der Waals surface area (Å²) in [6, 6.07) is 10.5. The zero-order valence-corrected chi connectivity index (χ0v) is 9.76. The van der Waals surface area contributed by atoms with Crippen LogP contribution in [0.3, 0.4) is 0 Å². The fourth-order valence-corrected chi connectivity index (χ4v) is 1.89. The van der Waals surface area contributed by atoms with Crippen molar-refractivity contribution in [3.05, 3.63) is 30.3 Å². The summed E-state index contributed by atoms with van der Waals surface area (Å²) in [5, 5.41) is 0. The van der Waals surface area contributed by atoms with Crippen LogP contribution in [0.25, 0.3) is 0 Å². The maximum atomic E-state index is 5.67. The molecule has 0 saturated carbocycles. The van der Waals surface area contributed by atoms with Crippen molar-refractivity contribution in [3.63, 3.8) is 0 Å². The maximum Gasteiger partial charge on any atom is 0.119 e. The van der Waals surface area contributed by atoms with E-state index in [9.17, 15) is 0 Å². The summed E-state index contributed by atoms with van der Waals surface area (Å²) in [7, 11) is 0. The molecule has 1 aromatic rings. The molecule has 0 N–H and O–H groups in total. The Balaban J connectivity index is 1.71. The molecule has 1 aliphatic rings. The summed E-state index contributed by atoms with van der Waals surface area (Å²) < 4.78 is 11.1. The van der Waals surface area contributed by atoms with Crippen LogP contribution in [-0.4, -0.2) is 43.9 Å². The summed E-state index contributed by atoms with van der Waals surface area (Å²) in [6.45, 7) is 6.61. The third-order valence-corrected chi connectivity index (χ3v) is 2.90. The van der Waals surface area contributed by atoms with Gasteiger partial charge in [-0.3, -0.25) is 4.90 Å². The Kier molecular flexibility index (Phi) is 4.19. The standard InChI is InChI=1S/C13H19NO2/c1-12-11-15-9-7-14(12)8-10-16-13-5-3-2-4-6-13/h2-6,12H,7-11H2,1H3/t12-/m0/s1. The Labute approximate surface area is 97.0 Å². The third kappa shape index (κ3) is 3.22. The molecule has 1 aromatic carbocycles. The molecule has 3 nitrogen and oxygen atoms in total. The van der Waals surface area contributed by atoms with Crippen LogP contribution in [0.1, 0.15) is 6.92 Å². The molecule has 16 heavy (non-hydrogen) atoms. The van der Waals surface area contributed by atoms with Gasteiger partial charge in [0.2, 0.25) is 0 Å². The van der Waals surface area contributed by atoms with Gasteiger partial charge in [0.1, 0.15) is 12.4 Å². The SMILES string of the molecule is C[C@H]1COCCN1CCOc1ccccc1. The van der Waals surface area contributed by atoms with Crippen LogP contribution in [0.4, 0.5) is 0 Å². The van der Waals surface area contributed by atoms with Crippen LogP contribution in [0.5, 0.6) is 5.75 Å². The molecular weight excluding hydrogens is 202 g/mol.